The number of rotatable bonds is 5. The van der Waals surface area contributed by atoms with Gasteiger partial charge in [0.2, 0.25) is 0 Å². The number of urea groups is 1. The van der Waals surface area contributed by atoms with Crippen LogP contribution in [0, 0.1) is 6.92 Å². The number of carbonyl (C=O) groups excluding carboxylic acids is 1. The highest BCUT2D eigenvalue weighted by Crippen LogP contribution is 2.17. The van der Waals surface area contributed by atoms with Crippen molar-refractivity contribution in [1.29, 1.82) is 0 Å². The molecule has 0 saturated heterocycles. The zero-order valence-corrected chi connectivity index (χ0v) is 11.2. The molecule has 7 heteroatoms. The number of carboxylic acid groups (broad SMARTS) is 2. The Morgan fingerprint density at radius 1 is 1.25 bits per heavy atom. The number of carboxylic acids is 2. The molecular weight excluding hydrogens is 264 g/mol. The van der Waals surface area contributed by atoms with Crippen LogP contribution >= 0.6 is 0 Å². The number of nitrogens with one attached hydrogen (secondary N) is 1. The van der Waals surface area contributed by atoms with Crippen molar-refractivity contribution < 1.29 is 24.6 Å². The van der Waals surface area contributed by atoms with Gasteiger partial charge < -0.3 is 15.5 Å². The largest absolute Gasteiger partial charge is 0.481 e. The van der Waals surface area contributed by atoms with Crippen LogP contribution in [0.1, 0.15) is 12.0 Å². The summed E-state index contributed by atoms with van der Waals surface area (Å²) in [6.45, 7) is 1.81. The highest BCUT2D eigenvalue weighted by Gasteiger charge is 2.25. The molecule has 0 aromatic heterocycles. The summed E-state index contributed by atoms with van der Waals surface area (Å²) in [5.41, 5.74) is 1.46. The van der Waals surface area contributed by atoms with E-state index in [0.29, 0.717) is 5.69 Å². The van der Waals surface area contributed by atoms with E-state index in [2.05, 4.69) is 5.32 Å². The number of carbonyl (C=O) groups is 3. The Balaban J connectivity index is 2.81. The summed E-state index contributed by atoms with van der Waals surface area (Å²) in [6.07, 6.45) is -0.678. The molecule has 0 aliphatic heterocycles. The molecule has 1 aromatic carbocycles. The molecule has 3 N–H and O–H groups in total. The molecular formula is C13H16N2O5. The number of aryl methyl sites for hydroxylation is 1. The third kappa shape index (κ3) is 3.98. The Morgan fingerprint density at radius 2 is 1.85 bits per heavy atom. The van der Waals surface area contributed by atoms with Crippen LogP contribution in [0.3, 0.4) is 0 Å². The third-order valence-corrected chi connectivity index (χ3v) is 2.76. The van der Waals surface area contributed by atoms with Gasteiger partial charge in [0.15, 0.2) is 0 Å². The van der Waals surface area contributed by atoms with Crippen LogP contribution in [-0.4, -0.2) is 41.3 Å². The van der Waals surface area contributed by atoms with E-state index in [1.54, 1.807) is 12.1 Å². The Kier molecular flexibility index (Phi) is 5.08. The van der Waals surface area contributed by atoms with E-state index in [1.165, 1.54) is 11.9 Å². The number of nitrogens with zero attached hydrogens (tertiary/aromatic N) is 1. The first-order chi connectivity index (χ1) is 9.32. The van der Waals surface area contributed by atoms with Crippen molar-refractivity contribution in [2.75, 3.05) is 11.9 Å². The van der Waals surface area contributed by atoms with Gasteiger partial charge in [-0.05, 0) is 18.6 Å². The molecule has 2 amide bonds. The predicted octanol–water partition coefficient (Wildman–Crippen LogP) is 1.07. The van der Waals surface area contributed by atoms with E-state index in [4.69, 9.17) is 10.2 Å². The van der Waals surface area contributed by atoms with Gasteiger partial charge in [-0.25, -0.2) is 9.59 Å². The fourth-order valence-corrected chi connectivity index (χ4v) is 1.67. The molecule has 0 aliphatic carbocycles. The van der Waals surface area contributed by atoms with E-state index < -0.39 is 30.4 Å². The van der Waals surface area contributed by atoms with Crippen molar-refractivity contribution >= 4 is 23.7 Å². The van der Waals surface area contributed by atoms with Crippen LogP contribution in [0.5, 0.6) is 0 Å². The van der Waals surface area contributed by atoms with Crippen molar-refractivity contribution in [3.05, 3.63) is 29.8 Å². The maximum atomic E-state index is 12.0. The van der Waals surface area contributed by atoms with E-state index >= 15 is 0 Å². The standard InChI is InChI=1S/C13H16N2O5/c1-8-5-3-4-6-10(8)15(2)13(20)14-9(12(18)19)7-11(16)17/h3-6,9H,7H2,1-2H3,(H,14,20)(H,16,17)(H,18,19)/t9-/m1/s1. The second kappa shape index (κ2) is 6.55. The molecule has 20 heavy (non-hydrogen) atoms. The van der Waals surface area contributed by atoms with Crippen LogP contribution in [-0.2, 0) is 9.59 Å². The van der Waals surface area contributed by atoms with Crippen molar-refractivity contribution in [3.63, 3.8) is 0 Å². The minimum absolute atomic E-state index is 0.615. The van der Waals surface area contributed by atoms with Crippen molar-refractivity contribution in [2.24, 2.45) is 0 Å². The Hall–Kier alpha value is -2.57. The van der Waals surface area contributed by atoms with E-state index in [0.717, 1.165) is 5.56 Å². The Labute approximate surface area is 115 Å². The van der Waals surface area contributed by atoms with Gasteiger partial charge in [0, 0.05) is 12.7 Å². The van der Waals surface area contributed by atoms with Gasteiger partial charge in [0.1, 0.15) is 6.04 Å². The summed E-state index contributed by atoms with van der Waals surface area (Å²) in [6, 6.07) is 4.94. The fourth-order valence-electron chi connectivity index (χ4n) is 1.67. The summed E-state index contributed by atoms with van der Waals surface area (Å²) < 4.78 is 0. The van der Waals surface area contributed by atoms with Crippen molar-refractivity contribution in [3.8, 4) is 0 Å². The van der Waals surface area contributed by atoms with Gasteiger partial charge in [-0.2, -0.15) is 0 Å². The van der Waals surface area contributed by atoms with Gasteiger partial charge in [-0.15, -0.1) is 0 Å². The summed E-state index contributed by atoms with van der Waals surface area (Å²) in [4.78, 5) is 34.7. The molecule has 0 aliphatic rings. The van der Waals surface area contributed by atoms with Crippen LogP contribution in [0.25, 0.3) is 0 Å². The first-order valence-electron chi connectivity index (χ1n) is 5.87. The Morgan fingerprint density at radius 3 is 2.35 bits per heavy atom. The van der Waals surface area contributed by atoms with Crippen LogP contribution in [0.15, 0.2) is 24.3 Å². The number of amides is 2. The first kappa shape index (κ1) is 15.5. The van der Waals surface area contributed by atoms with Gasteiger partial charge in [0.25, 0.3) is 0 Å². The van der Waals surface area contributed by atoms with Gasteiger partial charge in [0.05, 0.1) is 6.42 Å². The number of benzene rings is 1. The zero-order valence-electron chi connectivity index (χ0n) is 11.2. The molecule has 1 rings (SSSR count). The number of anilines is 1. The topological polar surface area (TPSA) is 107 Å². The lowest BCUT2D eigenvalue weighted by atomic mass is 10.2. The van der Waals surface area contributed by atoms with Gasteiger partial charge in [-0.1, -0.05) is 18.2 Å². The lowest BCUT2D eigenvalue weighted by molar-refractivity contribution is -0.145. The average Bonchev–Trinajstić information content (AvgIpc) is 2.37. The molecule has 1 aromatic rings. The SMILES string of the molecule is Cc1ccccc1N(C)C(=O)N[C@H](CC(=O)O)C(=O)O. The average molecular weight is 280 g/mol. The van der Waals surface area contributed by atoms with Gasteiger partial charge in [-0.3, -0.25) is 9.69 Å². The molecule has 1 atom stereocenters. The van der Waals surface area contributed by atoms with E-state index in [9.17, 15) is 14.4 Å². The molecule has 7 nitrogen and oxygen atoms in total. The molecule has 0 fully saturated rings. The molecule has 0 bridgehead atoms. The second-order valence-corrected chi connectivity index (χ2v) is 4.28. The zero-order chi connectivity index (χ0) is 15.3. The van der Waals surface area contributed by atoms with Crippen molar-refractivity contribution in [2.45, 2.75) is 19.4 Å². The number of hydrogen-bond acceptors (Lipinski definition) is 3. The monoisotopic (exact) mass is 280 g/mol. The van der Waals surface area contributed by atoms with E-state index in [-0.39, 0.29) is 0 Å². The van der Waals surface area contributed by atoms with E-state index in [1.807, 2.05) is 19.1 Å². The summed E-state index contributed by atoms with van der Waals surface area (Å²) in [5, 5.41) is 19.7. The molecule has 0 spiro atoms. The highest BCUT2D eigenvalue weighted by molar-refractivity contribution is 5.95. The molecule has 0 heterocycles. The lowest BCUT2D eigenvalue weighted by Gasteiger charge is -2.22. The first-order valence-corrected chi connectivity index (χ1v) is 5.87. The van der Waals surface area contributed by atoms with Crippen LogP contribution in [0.4, 0.5) is 10.5 Å². The Bertz CT molecular complexity index is 529. The summed E-state index contributed by atoms with van der Waals surface area (Å²) >= 11 is 0. The maximum absolute atomic E-state index is 12.0. The third-order valence-electron chi connectivity index (χ3n) is 2.76. The predicted molar refractivity (Wildman–Crippen MR) is 71.8 cm³/mol. The number of para-hydroxylation sites is 1. The normalized spacial score (nSPS) is 11.5. The van der Waals surface area contributed by atoms with Crippen LogP contribution < -0.4 is 10.2 Å². The minimum Gasteiger partial charge on any atom is -0.481 e. The fraction of sp³-hybridized carbons (Fsp3) is 0.308. The number of hydrogen-bond donors (Lipinski definition) is 3. The molecule has 108 valence electrons. The lowest BCUT2D eigenvalue weighted by Crippen LogP contribution is -2.47. The molecule has 0 saturated carbocycles. The van der Waals surface area contributed by atoms with Crippen LogP contribution in [0.2, 0.25) is 0 Å². The minimum atomic E-state index is -1.47. The molecule has 0 radical (unpaired) electrons. The second-order valence-electron chi connectivity index (χ2n) is 4.28. The molecule has 0 unspecified atom stereocenters. The quantitative estimate of drug-likeness (QED) is 0.747. The summed E-state index contributed by atoms with van der Waals surface area (Å²) in [5.74, 6) is -2.69. The summed E-state index contributed by atoms with van der Waals surface area (Å²) in [7, 11) is 1.48. The maximum Gasteiger partial charge on any atom is 0.326 e. The number of aliphatic carboxylic acids is 2. The van der Waals surface area contributed by atoms with Crippen molar-refractivity contribution in [1.82, 2.24) is 5.32 Å². The smallest absolute Gasteiger partial charge is 0.326 e. The van der Waals surface area contributed by atoms with Gasteiger partial charge >= 0.3 is 18.0 Å². The highest BCUT2D eigenvalue weighted by atomic mass is 16.4.